The number of benzene rings is 1. The maximum atomic E-state index is 13.0. The number of halogens is 1. The molecule has 0 radical (unpaired) electrons. The maximum Gasteiger partial charge on any atom is 0.273 e. The smallest absolute Gasteiger partial charge is 0.273 e. The zero-order valence-corrected chi connectivity index (χ0v) is 19.5. The predicted octanol–water partition coefficient (Wildman–Crippen LogP) is 2.49. The summed E-state index contributed by atoms with van der Waals surface area (Å²) in [7, 11) is -1.43. The summed E-state index contributed by atoms with van der Waals surface area (Å²) in [5, 5.41) is 2.62. The number of thiazole rings is 1. The van der Waals surface area contributed by atoms with E-state index < -0.39 is 9.84 Å². The number of piperidine rings is 1. The van der Waals surface area contributed by atoms with Crippen LogP contribution in [-0.2, 0) is 21.1 Å². The van der Waals surface area contributed by atoms with Gasteiger partial charge in [-0.1, -0.05) is 12.1 Å². The molecule has 3 heterocycles. The van der Waals surface area contributed by atoms with Crippen LogP contribution < -0.4 is 0 Å². The lowest BCUT2D eigenvalue weighted by Crippen LogP contribution is -2.39. The number of hydrogen-bond acceptors (Lipinski definition) is 6. The van der Waals surface area contributed by atoms with Crippen LogP contribution in [0.4, 0.5) is 4.39 Å². The monoisotopic (exact) mass is 479 g/mol. The van der Waals surface area contributed by atoms with Crippen LogP contribution in [0.1, 0.15) is 46.2 Å². The van der Waals surface area contributed by atoms with Crippen LogP contribution in [0, 0.1) is 5.82 Å². The molecule has 0 bridgehead atoms. The minimum atomic E-state index is -3.06. The van der Waals surface area contributed by atoms with E-state index in [9.17, 15) is 22.4 Å². The van der Waals surface area contributed by atoms with Gasteiger partial charge >= 0.3 is 0 Å². The fraction of sp³-hybridized carbons (Fsp3) is 0.500. The number of amides is 2. The Balaban J connectivity index is 1.31. The second-order valence-electron chi connectivity index (χ2n) is 8.50. The predicted molar refractivity (Wildman–Crippen MR) is 120 cm³/mol. The molecule has 2 aliphatic heterocycles. The Morgan fingerprint density at radius 1 is 1.19 bits per heavy atom. The van der Waals surface area contributed by atoms with Crippen LogP contribution in [0.5, 0.6) is 0 Å². The van der Waals surface area contributed by atoms with Crippen LogP contribution in [-0.4, -0.2) is 72.7 Å². The molecule has 2 aromatic rings. The molecule has 7 nitrogen and oxygen atoms in total. The standard InChI is InChI=1S/C22H26FN3O4S2/c1-25(18-8-11-32(29,30)14-18)22(28)19-13-31-21(24-19)16-6-9-26(10-7-16)20(27)12-15-2-4-17(23)5-3-15/h2-5,13,16,18H,6-12,14H2,1H3. The van der Waals surface area contributed by atoms with Crippen LogP contribution >= 0.6 is 11.3 Å². The first-order valence-electron chi connectivity index (χ1n) is 10.7. The van der Waals surface area contributed by atoms with Crippen molar-refractivity contribution < 1.29 is 22.4 Å². The quantitative estimate of drug-likeness (QED) is 0.658. The lowest BCUT2D eigenvalue weighted by atomic mass is 9.97. The molecule has 32 heavy (non-hydrogen) atoms. The third-order valence-electron chi connectivity index (χ3n) is 6.28. The van der Waals surface area contributed by atoms with Gasteiger partial charge < -0.3 is 9.80 Å². The SMILES string of the molecule is CN(C(=O)c1csc(C2CCN(C(=O)Cc3ccc(F)cc3)CC2)n1)C1CCS(=O)(=O)C1. The Hall–Kier alpha value is -2.33. The lowest BCUT2D eigenvalue weighted by molar-refractivity contribution is -0.131. The van der Waals surface area contributed by atoms with Crippen molar-refractivity contribution in [1.82, 2.24) is 14.8 Å². The number of nitrogens with zero attached hydrogens (tertiary/aromatic N) is 3. The molecule has 2 fully saturated rings. The molecule has 2 saturated heterocycles. The van der Waals surface area contributed by atoms with Crippen molar-refractivity contribution in [3.05, 3.63) is 51.7 Å². The molecule has 4 rings (SSSR count). The largest absolute Gasteiger partial charge is 0.342 e. The van der Waals surface area contributed by atoms with Gasteiger partial charge in [0.25, 0.3) is 5.91 Å². The normalized spacial score (nSPS) is 20.9. The molecule has 0 spiro atoms. The highest BCUT2D eigenvalue weighted by molar-refractivity contribution is 7.91. The van der Waals surface area contributed by atoms with Gasteiger partial charge in [-0.25, -0.2) is 17.8 Å². The first-order chi connectivity index (χ1) is 15.2. The van der Waals surface area contributed by atoms with Gasteiger partial charge in [0, 0.05) is 37.5 Å². The first-order valence-corrected chi connectivity index (χ1v) is 13.4. The number of carbonyl (C=O) groups excluding carboxylic acids is 2. The molecule has 2 amide bonds. The highest BCUT2D eigenvalue weighted by Crippen LogP contribution is 2.31. The van der Waals surface area contributed by atoms with Crippen molar-refractivity contribution in [2.24, 2.45) is 0 Å². The highest BCUT2D eigenvalue weighted by atomic mass is 32.2. The highest BCUT2D eigenvalue weighted by Gasteiger charge is 2.34. The number of hydrogen-bond donors (Lipinski definition) is 0. The van der Waals surface area contributed by atoms with Gasteiger partial charge in [-0.3, -0.25) is 9.59 Å². The lowest BCUT2D eigenvalue weighted by Gasteiger charge is -2.31. The first kappa shape index (κ1) is 22.8. The Labute approximate surface area is 191 Å². The summed E-state index contributed by atoms with van der Waals surface area (Å²) in [4.78, 5) is 33.2. The van der Waals surface area contributed by atoms with E-state index in [0.29, 0.717) is 25.2 Å². The third-order valence-corrected chi connectivity index (χ3v) is 9.04. The fourth-order valence-electron chi connectivity index (χ4n) is 4.27. The van der Waals surface area contributed by atoms with Gasteiger partial charge in [0.1, 0.15) is 11.5 Å². The molecule has 1 aromatic heterocycles. The fourth-order valence-corrected chi connectivity index (χ4v) is 7.00. The summed E-state index contributed by atoms with van der Waals surface area (Å²) >= 11 is 1.44. The Morgan fingerprint density at radius 3 is 2.50 bits per heavy atom. The van der Waals surface area contributed by atoms with Crippen LogP contribution in [0.3, 0.4) is 0 Å². The number of carbonyl (C=O) groups is 2. The number of sulfone groups is 1. The van der Waals surface area contributed by atoms with Gasteiger partial charge in [0.05, 0.1) is 22.9 Å². The van der Waals surface area contributed by atoms with Crippen molar-refractivity contribution in [3.8, 4) is 0 Å². The molecule has 1 unspecified atom stereocenters. The molecule has 172 valence electrons. The van der Waals surface area contributed by atoms with E-state index in [-0.39, 0.29) is 47.5 Å². The van der Waals surface area contributed by atoms with Gasteiger partial charge in [-0.2, -0.15) is 0 Å². The van der Waals surface area contributed by atoms with E-state index in [2.05, 4.69) is 4.98 Å². The van der Waals surface area contributed by atoms with Crippen LogP contribution in [0.25, 0.3) is 0 Å². The second-order valence-corrected chi connectivity index (χ2v) is 11.6. The van der Waals surface area contributed by atoms with E-state index in [4.69, 9.17) is 0 Å². The van der Waals surface area contributed by atoms with Crippen molar-refractivity contribution in [1.29, 1.82) is 0 Å². The van der Waals surface area contributed by atoms with Gasteiger partial charge in [-0.05, 0) is 37.0 Å². The molecule has 10 heteroatoms. The Kier molecular flexibility index (Phi) is 6.62. The second kappa shape index (κ2) is 9.27. The summed E-state index contributed by atoms with van der Waals surface area (Å²) in [5.41, 5.74) is 1.15. The van der Waals surface area contributed by atoms with E-state index in [1.54, 1.807) is 24.6 Å². The minimum Gasteiger partial charge on any atom is -0.342 e. The van der Waals surface area contributed by atoms with E-state index in [1.165, 1.54) is 28.4 Å². The summed E-state index contributed by atoms with van der Waals surface area (Å²) in [6.45, 7) is 1.24. The summed E-state index contributed by atoms with van der Waals surface area (Å²) in [5.74, 6) is -0.219. The molecular weight excluding hydrogens is 453 g/mol. The maximum absolute atomic E-state index is 13.0. The molecule has 0 saturated carbocycles. The molecule has 1 atom stereocenters. The topological polar surface area (TPSA) is 87.7 Å². The average Bonchev–Trinajstić information content (AvgIpc) is 3.41. The molecule has 1 aromatic carbocycles. The Morgan fingerprint density at radius 2 is 1.88 bits per heavy atom. The molecule has 0 aliphatic carbocycles. The van der Waals surface area contributed by atoms with Gasteiger partial charge in [-0.15, -0.1) is 11.3 Å². The zero-order valence-electron chi connectivity index (χ0n) is 17.9. The van der Waals surface area contributed by atoms with Crippen molar-refractivity contribution in [2.75, 3.05) is 31.6 Å². The number of rotatable bonds is 5. The Bertz CT molecular complexity index is 1090. The van der Waals surface area contributed by atoms with Gasteiger partial charge in [0.15, 0.2) is 9.84 Å². The molecular formula is C22H26FN3O4S2. The van der Waals surface area contributed by atoms with E-state index >= 15 is 0 Å². The third kappa shape index (κ3) is 5.17. The number of aromatic nitrogens is 1. The zero-order chi connectivity index (χ0) is 22.9. The molecule has 2 aliphatic rings. The van der Waals surface area contributed by atoms with E-state index in [0.717, 1.165) is 23.4 Å². The van der Waals surface area contributed by atoms with Crippen molar-refractivity contribution in [3.63, 3.8) is 0 Å². The average molecular weight is 480 g/mol. The van der Waals surface area contributed by atoms with E-state index in [1.807, 2.05) is 4.90 Å². The summed E-state index contributed by atoms with van der Waals surface area (Å²) in [6, 6.07) is 5.68. The number of likely N-dealkylation sites (tertiary alicyclic amines) is 1. The van der Waals surface area contributed by atoms with Gasteiger partial charge in [0.2, 0.25) is 5.91 Å². The van der Waals surface area contributed by atoms with Crippen LogP contribution in [0.2, 0.25) is 0 Å². The molecule has 0 N–H and O–H groups in total. The van der Waals surface area contributed by atoms with Crippen molar-refractivity contribution >= 4 is 33.0 Å². The van der Waals surface area contributed by atoms with Crippen molar-refractivity contribution in [2.45, 2.75) is 37.6 Å². The van der Waals surface area contributed by atoms with Crippen LogP contribution in [0.15, 0.2) is 29.6 Å². The minimum absolute atomic E-state index is 0.0106. The summed E-state index contributed by atoms with van der Waals surface area (Å²) < 4.78 is 36.5. The summed E-state index contributed by atoms with van der Waals surface area (Å²) in [6.07, 6.45) is 2.26.